The first-order valence-electron chi connectivity index (χ1n) is 8.26. The lowest BCUT2D eigenvalue weighted by molar-refractivity contribution is 0.0679. The molecular formula is C18H21NO4S2. The van der Waals surface area contributed by atoms with Crippen molar-refractivity contribution in [3.63, 3.8) is 0 Å². The van der Waals surface area contributed by atoms with Gasteiger partial charge in [0.1, 0.15) is 5.75 Å². The Hall–Kier alpha value is -1.86. The number of nitrogens with zero attached hydrogens (tertiary/aromatic N) is 1. The Labute approximate surface area is 152 Å². The average molecular weight is 380 g/mol. The Morgan fingerprint density at radius 1 is 1.28 bits per heavy atom. The van der Waals surface area contributed by atoms with E-state index in [9.17, 15) is 13.2 Å². The summed E-state index contributed by atoms with van der Waals surface area (Å²) in [7, 11) is -3.08. The molecule has 0 aliphatic carbocycles. The minimum Gasteiger partial charge on any atom is -0.493 e. The molecule has 0 saturated carbocycles. The quantitative estimate of drug-likeness (QED) is 0.774. The number of ether oxygens (including phenoxy) is 1. The van der Waals surface area contributed by atoms with Crippen molar-refractivity contribution in [3.05, 3.63) is 52.2 Å². The number of benzene rings is 1. The van der Waals surface area contributed by atoms with Crippen LogP contribution in [0.25, 0.3) is 0 Å². The van der Waals surface area contributed by atoms with Gasteiger partial charge < -0.3 is 9.64 Å². The van der Waals surface area contributed by atoms with E-state index in [1.54, 1.807) is 34.4 Å². The van der Waals surface area contributed by atoms with E-state index < -0.39 is 9.84 Å². The molecule has 1 aliphatic heterocycles. The zero-order chi connectivity index (χ0) is 17.9. The van der Waals surface area contributed by atoms with Crippen LogP contribution in [0.5, 0.6) is 5.75 Å². The van der Waals surface area contributed by atoms with E-state index in [4.69, 9.17) is 4.74 Å². The Balaban J connectivity index is 1.92. The summed E-state index contributed by atoms with van der Waals surface area (Å²) in [4.78, 5) is 15.9. The van der Waals surface area contributed by atoms with E-state index in [0.717, 1.165) is 4.88 Å². The molecule has 7 heteroatoms. The number of thiophene rings is 1. The van der Waals surface area contributed by atoms with Crippen LogP contribution < -0.4 is 4.74 Å². The summed E-state index contributed by atoms with van der Waals surface area (Å²) in [5.74, 6) is 0.520. The molecule has 0 N–H and O–H groups in total. The van der Waals surface area contributed by atoms with E-state index in [2.05, 4.69) is 0 Å². The van der Waals surface area contributed by atoms with Crippen molar-refractivity contribution in [1.82, 2.24) is 4.90 Å². The number of amides is 1. The number of hydrogen-bond donors (Lipinski definition) is 0. The third-order valence-electron chi connectivity index (χ3n) is 4.23. The summed E-state index contributed by atoms with van der Waals surface area (Å²) in [5.41, 5.74) is 0.477. The normalized spacial score (nSPS) is 18.8. The SMILES string of the molecule is CCOc1ccccc1C(=O)N(Cc1cccs1)[C@@H]1CCS(=O)(=O)C1. The minimum atomic E-state index is -3.08. The monoisotopic (exact) mass is 379 g/mol. The van der Waals surface area contributed by atoms with Gasteiger partial charge in [0.2, 0.25) is 0 Å². The van der Waals surface area contributed by atoms with Crippen LogP contribution in [-0.2, 0) is 16.4 Å². The summed E-state index contributed by atoms with van der Waals surface area (Å²) >= 11 is 1.56. The number of carbonyl (C=O) groups is 1. The maximum atomic E-state index is 13.2. The second-order valence-corrected chi connectivity index (χ2v) is 9.26. The first-order valence-corrected chi connectivity index (χ1v) is 11.0. The van der Waals surface area contributed by atoms with E-state index in [-0.39, 0.29) is 23.5 Å². The minimum absolute atomic E-state index is 0.0287. The highest BCUT2D eigenvalue weighted by atomic mass is 32.2. The van der Waals surface area contributed by atoms with Gasteiger partial charge in [-0.3, -0.25) is 4.79 Å². The van der Waals surface area contributed by atoms with Gasteiger partial charge >= 0.3 is 0 Å². The highest BCUT2D eigenvalue weighted by molar-refractivity contribution is 7.91. The van der Waals surface area contributed by atoms with Gasteiger partial charge in [0, 0.05) is 10.9 Å². The lowest BCUT2D eigenvalue weighted by Gasteiger charge is -2.28. The summed E-state index contributed by atoms with van der Waals surface area (Å²) in [6.07, 6.45) is 0.482. The Morgan fingerprint density at radius 2 is 2.08 bits per heavy atom. The summed E-state index contributed by atoms with van der Waals surface area (Å²) < 4.78 is 29.4. The fourth-order valence-electron chi connectivity index (χ4n) is 3.04. The second kappa shape index (κ2) is 7.58. The van der Waals surface area contributed by atoms with Crippen LogP contribution in [0.4, 0.5) is 0 Å². The molecule has 2 aromatic rings. The highest BCUT2D eigenvalue weighted by Gasteiger charge is 2.35. The Kier molecular flexibility index (Phi) is 5.44. The standard InChI is InChI=1S/C18H21NO4S2/c1-2-23-17-8-4-3-7-16(17)18(20)19(12-15-6-5-10-24-15)14-9-11-25(21,22)13-14/h3-8,10,14H,2,9,11-13H2,1H3/t14-/m1/s1. The fraction of sp³-hybridized carbons (Fsp3) is 0.389. The van der Waals surface area contributed by atoms with Gasteiger partial charge in [-0.25, -0.2) is 8.42 Å². The molecule has 3 rings (SSSR count). The smallest absolute Gasteiger partial charge is 0.258 e. The van der Waals surface area contributed by atoms with Crippen molar-refractivity contribution in [2.45, 2.75) is 25.9 Å². The van der Waals surface area contributed by atoms with Crippen LogP contribution >= 0.6 is 11.3 Å². The predicted octanol–water partition coefficient (Wildman–Crippen LogP) is 2.98. The largest absolute Gasteiger partial charge is 0.493 e. The molecule has 0 bridgehead atoms. The predicted molar refractivity (Wildman–Crippen MR) is 98.9 cm³/mol. The fourth-order valence-corrected chi connectivity index (χ4v) is 5.47. The van der Waals surface area contributed by atoms with E-state index >= 15 is 0 Å². The van der Waals surface area contributed by atoms with Crippen LogP contribution in [0.1, 0.15) is 28.6 Å². The molecule has 5 nitrogen and oxygen atoms in total. The molecule has 2 heterocycles. The molecule has 1 aromatic carbocycles. The summed E-state index contributed by atoms with van der Waals surface area (Å²) in [6, 6.07) is 10.7. The van der Waals surface area contributed by atoms with Crippen molar-refractivity contribution in [3.8, 4) is 5.75 Å². The van der Waals surface area contributed by atoms with E-state index in [1.807, 2.05) is 30.5 Å². The summed E-state index contributed by atoms with van der Waals surface area (Å²) in [5, 5.41) is 1.96. The molecule has 1 atom stereocenters. The van der Waals surface area contributed by atoms with Crippen molar-refractivity contribution in [2.24, 2.45) is 0 Å². The molecule has 1 fully saturated rings. The number of carbonyl (C=O) groups excluding carboxylic acids is 1. The third-order valence-corrected chi connectivity index (χ3v) is 6.85. The van der Waals surface area contributed by atoms with Crippen molar-refractivity contribution >= 4 is 27.1 Å². The van der Waals surface area contributed by atoms with Crippen molar-refractivity contribution < 1.29 is 17.9 Å². The molecule has 0 unspecified atom stereocenters. The van der Waals surface area contributed by atoms with Gasteiger partial charge in [0.15, 0.2) is 9.84 Å². The van der Waals surface area contributed by atoms with Gasteiger partial charge in [0.05, 0.1) is 30.2 Å². The lowest BCUT2D eigenvalue weighted by Crippen LogP contribution is -2.40. The second-order valence-electron chi connectivity index (χ2n) is 6.00. The first kappa shape index (κ1) is 17.9. The number of para-hydroxylation sites is 1. The zero-order valence-corrected chi connectivity index (χ0v) is 15.7. The average Bonchev–Trinajstić information content (AvgIpc) is 3.22. The molecule has 1 saturated heterocycles. The molecular weight excluding hydrogens is 358 g/mol. The lowest BCUT2D eigenvalue weighted by atomic mass is 10.1. The van der Waals surface area contributed by atoms with Gasteiger partial charge in [-0.1, -0.05) is 18.2 Å². The summed E-state index contributed by atoms with van der Waals surface area (Å²) in [6.45, 7) is 2.75. The number of hydrogen-bond acceptors (Lipinski definition) is 5. The molecule has 0 radical (unpaired) electrons. The zero-order valence-electron chi connectivity index (χ0n) is 14.1. The van der Waals surface area contributed by atoms with Gasteiger partial charge in [-0.2, -0.15) is 0 Å². The topological polar surface area (TPSA) is 63.7 Å². The van der Waals surface area contributed by atoms with E-state index in [0.29, 0.717) is 30.9 Å². The molecule has 1 aromatic heterocycles. The Morgan fingerprint density at radius 3 is 2.72 bits per heavy atom. The molecule has 25 heavy (non-hydrogen) atoms. The van der Waals surface area contributed by atoms with Crippen LogP contribution in [0.15, 0.2) is 41.8 Å². The maximum absolute atomic E-state index is 13.2. The van der Waals surface area contributed by atoms with Gasteiger partial charge in [0.25, 0.3) is 5.91 Å². The number of sulfone groups is 1. The van der Waals surface area contributed by atoms with Crippen LogP contribution in [0.3, 0.4) is 0 Å². The highest BCUT2D eigenvalue weighted by Crippen LogP contribution is 2.27. The molecule has 0 spiro atoms. The van der Waals surface area contributed by atoms with Crippen molar-refractivity contribution in [2.75, 3.05) is 18.1 Å². The van der Waals surface area contributed by atoms with E-state index in [1.165, 1.54) is 0 Å². The van der Waals surface area contributed by atoms with Gasteiger partial charge in [-0.15, -0.1) is 11.3 Å². The third kappa shape index (κ3) is 4.22. The van der Waals surface area contributed by atoms with Crippen LogP contribution in [0.2, 0.25) is 0 Å². The van der Waals surface area contributed by atoms with Crippen molar-refractivity contribution in [1.29, 1.82) is 0 Å². The Bertz CT molecular complexity index is 831. The van der Waals surface area contributed by atoms with Gasteiger partial charge in [-0.05, 0) is 36.9 Å². The molecule has 1 aliphatic rings. The van der Waals surface area contributed by atoms with Crippen LogP contribution in [0, 0.1) is 0 Å². The maximum Gasteiger partial charge on any atom is 0.258 e. The first-order chi connectivity index (χ1) is 12.0. The molecule has 1 amide bonds. The number of rotatable bonds is 6. The van der Waals surface area contributed by atoms with Crippen LogP contribution in [-0.4, -0.2) is 43.4 Å². The molecule has 134 valence electrons.